The van der Waals surface area contributed by atoms with Gasteiger partial charge in [0.25, 0.3) is 0 Å². The van der Waals surface area contributed by atoms with Gasteiger partial charge in [-0.05, 0) is 36.5 Å². The minimum absolute atomic E-state index is 0.0163. The molecule has 0 amide bonds. The molecule has 1 saturated heterocycles. The number of nitrogens with zero attached hydrogens (tertiary/aromatic N) is 2. The fourth-order valence-corrected chi connectivity index (χ4v) is 2.89. The molecule has 1 N–H and O–H groups in total. The number of hydrogen-bond acceptors (Lipinski definition) is 3. The second kappa shape index (κ2) is 6.13. The first-order chi connectivity index (χ1) is 9.44. The molecule has 20 heavy (non-hydrogen) atoms. The fraction of sp³-hybridized carbons (Fsp3) is 0.706. The highest BCUT2D eigenvalue weighted by Gasteiger charge is 2.25. The van der Waals surface area contributed by atoms with Crippen molar-refractivity contribution in [3.63, 3.8) is 0 Å². The van der Waals surface area contributed by atoms with Crippen molar-refractivity contribution >= 4 is 5.82 Å². The van der Waals surface area contributed by atoms with Crippen molar-refractivity contribution in [2.24, 2.45) is 5.92 Å². The van der Waals surface area contributed by atoms with Gasteiger partial charge in [-0.15, -0.1) is 0 Å². The number of anilines is 1. The van der Waals surface area contributed by atoms with E-state index in [4.69, 9.17) is 4.98 Å². The normalized spacial score (nSPS) is 19.6. The van der Waals surface area contributed by atoms with Crippen molar-refractivity contribution < 1.29 is 5.11 Å². The standard InChI is InChI=1S/C17H28N2O/c1-5-6-13-7-8-19(11-13)16-10-14(12-20)9-15(18-16)17(2,3)4/h9-10,13,20H,5-8,11-12H2,1-4H3. The number of hydrogen-bond donors (Lipinski definition) is 1. The van der Waals surface area contributed by atoms with Gasteiger partial charge in [-0.2, -0.15) is 0 Å². The molecule has 0 saturated carbocycles. The third kappa shape index (κ3) is 3.51. The number of aromatic nitrogens is 1. The summed E-state index contributed by atoms with van der Waals surface area (Å²) in [6.07, 6.45) is 3.84. The van der Waals surface area contributed by atoms with Gasteiger partial charge in [0.15, 0.2) is 0 Å². The van der Waals surface area contributed by atoms with Crippen molar-refractivity contribution in [2.75, 3.05) is 18.0 Å². The Hall–Kier alpha value is -1.09. The van der Waals surface area contributed by atoms with E-state index in [-0.39, 0.29) is 12.0 Å². The molecule has 1 aromatic rings. The summed E-state index contributed by atoms with van der Waals surface area (Å²) in [7, 11) is 0. The highest BCUT2D eigenvalue weighted by molar-refractivity contribution is 5.44. The maximum Gasteiger partial charge on any atom is 0.129 e. The van der Waals surface area contributed by atoms with E-state index in [0.717, 1.165) is 36.1 Å². The maximum atomic E-state index is 9.48. The molecule has 2 rings (SSSR count). The topological polar surface area (TPSA) is 36.4 Å². The first-order valence-electron chi connectivity index (χ1n) is 7.81. The van der Waals surface area contributed by atoms with E-state index >= 15 is 0 Å². The number of pyridine rings is 1. The van der Waals surface area contributed by atoms with Gasteiger partial charge < -0.3 is 10.0 Å². The zero-order valence-electron chi connectivity index (χ0n) is 13.3. The first kappa shape index (κ1) is 15.3. The highest BCUT2D eigenvalue weighted by atomic mass is 16.3. The second-order valence-electron chi connectivity index (χ2n) is 7.02. The maximum absolute atomic E-state index is 9.48. The van der Waals surface area contributed by atoms with Crippen molar-refractivity contribution in [1.82, 2.24) is 4.98 Å². The zero-order valence-corrected chi connectivity index (χ0v) is 13.3. The van der Waals surface area contributed by atoms with E-state index in [0.29, 0.717) is 0 Å². The van der Waals surface area contributed by atoms with Crippen LogP contribution in [0.3, 0.4) is 0 Å². The molecule has 112 valence electrons. The van der Waals surface area contributed by atoms with Gasteiger partial charge in [0.05, 0.1) is 6.61 Å². The summed E-state index contributed by atoms with van der Waals surface area (Å²) in [5.74, 6) is 1.85. The van der Waals surface area contributed by atoms with Gasteiger partial charge in [-0.3, -0.25) is 0 Å². The van der Waals surface area contributed by atoms with Crippen LogP contribution >= 0.6 is 0 Å². The van der Waals surface area contributed by atoms with Crippen LogP contribution in [0.15, 0.2) is 12.1 Å². The number of aliphatic hydroxyl groups excluding tert-OH is 1. The lowest BCUT2D eigenvalue weighted by Crippen LogP contribution is -2.23. The Bertz CT molecular complexity index is 451. The van der Waals surface area contributed by atoms with E-state index < -0.39 is 0 Å². The molecule has 0 spiro atoms. The molecule has 3 heteroatoms. The van der Waals surface area contributed by atoms with Gasteiger partial charge in [0.2, 0.25) is 0 Å². The monoisotopic (exact) mass is 276 g/mol. The van der Waals surface area contributed by atoms with Gasteiger partial charge >= 0.3 is 0 Å². The molecule has 0 aliphatic carbocycles. The molecule has 0 bridgehead atoms. The van der Waals surface area contributed by atoms with Crippen molar-refractivity contribution in [1.29, 1.82) is 0 Å². The number of rotatable bonds is 4. The SMILES string of the molecule is CCCC1CCN(c2cc(CO)cc(C(C)(C)C)n2)C1. The smallest absolute Gasteiger partial charge is 0.129 e. The van der Waals surface area contributed by atoms with E-state index in [9.17, 15) is 5.11 Å². The largest absolute Gasteiger partial charge is 0.392 e. The Kier molecular flexibility index (Phi) is 4.69. The third-order valence-corrected chi connectivity index (χ3v) is 4.13. The van der Waals surface area contributed by atoms with E-state index in [2.05, 4.69) is 32.6 Å². The molecular formula is C17H28N2O. The van der Waals surface area contributed by atoms with Gasteiger partial charge in [0, 0.05) is 24.2 Å². The number of aliphatic hydroxyl groups is 1. The minimum atomic E-state index is 0.0163. The Labute approximate surface area is 123 Å². The van der Waals surface area contributed by atoms with Crippen molar-refractivity contribution in [3.8, 4) is 0 Å². The second-order valence-corrected chi connectivity index (χ2v) is 7.02. The highest BCUT2D eigenvalue weighted by Crippen LogP contribution is 2.29. The van der Waals surface area contributed by atoms with E-state index in [1.807, 2.05) is 12.1 Å². The van der Waals surface area contributed by atoms with Crippen LogP contribution in [0.25, 0.3) is 0 Å². The van der Waals surface area contributed by atoms with Crippen LogP contribution in [-0.2, 0) is 12.0 Å². The van der Waals surface area contributed by atoms with Crippen LogP contribution in [0.4, 0.5) is 5.82 Å². The summed E-state index contributed by atoms with van der Waals surface area (Å²) < 4.78 is 0. The zero-order chi connectivity index (χ0) is 14.8. The Morgan fingerprint density at radius 2 is 2.10 bits per heavy atom. The van der Waals surface area contributed by atoms with E-state index in [1.54, 1.807) is 0 Å². The molecule has 0 aromatic carbocycles. The Balaban J connectivity index is 2.23. The summed E-state index contributed by atoms with van der Waals surface area (Å²) in [6.45, 7) is 11.1. The molecule has 1 fully saturated rings. The molecule has 1 aliphatic heterocycles. The average molecular weight is 276 g/mol. The predicted octanol–water partition coefficient (Wildman–Crippen LogP) is 3.50. The molecule has 1 aromatic heterocycles. The average Bonchev–Trinajstić information content (AvgIpc) is 2.86. The lowest BCUT2D eigenvalue weighted by atomic mass is 9.91. The van der Waals surface area contributed by atoms with Crippen LogP contribution in [-0.4, -0.2) is 23.2 Å². The fourth-order valence-electron chi connectivity index (χ4n) is 2.89. The van der Waals surface area contributed by atoms with Crippen LogP contribution < -0.4 is 4.90 Å². The molecule has 1 aliphatic rings. The molecule has 1 unspecified atom stereocenters. The van der Waals surface area contributed by atoms with Crippen molar-refractivity contribution in [3.05, 3.63) is 23.4 Å². The Morgan fingerprint density at radius 1 is 1.35 bits per heavy atom. The summed E-state index contributed by atoms with van der Waals surface area (Å²) in [4.78, 5) is 7.23. The molecule has 2 heterocycles. The van der Waals surface area contributed by atoms with Gasteiger partial charge in [0.1, 0.15) is 5.82 Å². The lowest BCUT2D eigenvalue weighted by molar-refractivity contribution is 0.281. The predicted molar refractivity (Wildman–Crippen MR) is 84.1 cm³/mol. The lowest BCUT2D eigenvalue weighted by Gasteiger charge is -2.24. The van der Waals surface area contributed by atoms with Crippen LogP contribution in [0.2, 0.25) is 0 Å². The van der Waals surface area contributed by atoms with Crippen molar-refractivity contribution in [2.45, 2.75) is 59.0 Å². The molecule has 0 radical (unpaired) electrons. The summed E-state index contributed by atoms with van der Waals surface area (Å²) in [5, 5.41) is 9.48. The molecule has 1 atom stereocenters. The third-order valence-electron chi connectivity index (χ3n) is 4.13. The summed E-state index contributed by atoms with van der Waals surface area (Å²) >= 11 is 0. The van der Waals surface area contributed by atoms with Crippen LogP contribution in [0, 0.1) is 5.92 Å². The van der Waals surface area contributed by atoms with Crippen LogP contribution in [0.1, 0.15) is 58.2 Å². The van der Waals surface area contributed by atoms with Crippen LogP contribution in [0.5, 0.6) is 0 Å². The Morgan fingerprint density at radius 3 is 2.70 bits per heavy atom. The van der Waals surface area contributed by atoms with Gasteiger partial charge in [-0.25, -0.2) is 4.98 Å². The molecule has 3 nitrogen and oxygen atoms in total. The summed E-state index contributed by atoms with van der Waals surface area (Å²) in [5.41, 5.74) is 2.06. The summed E-state index contributed by atoms with van der Waals surface area (Å²) in [6, 6.07) is 4.08. The van der Waals surface area contributed by atoms with Gasteiger partial charge in [-0.1, -0.05) is 34.1 Å². The molecular weight excluding hydrogens is 248 g/mol. The van der Waals surface area contributed by atoms with E-state index in [1.165, 1.54) is 19.3 Å². The first-order valence-corrected chi connectivity index (χ1v) is 7.81. The quantitative estimate of drug-likeness (QED) is 0.914. The minimum Gasteiger partial charge on any atom is -0.392 e.